The lowest BCUT2D eigenvalue weighted by Crippen LogP contribution is -2.15. The van der Waals surface area contributed by atoms with Crippen molar-refractivity contribution in [3.63, 3.8) is 0 Å². The van der Waals surface area contributed by atoms with E-state index >= 15 is 0 Å². The number of nitrogens with two attached hydrogens (primary N) is 3. The normalized spacial score (nSPS) is 19.0. The lowest BCUT2D eigenvalue weighted by Gasteiger charge is -2.16. The van der Waals surface area contributed by atoms with Gasteiger partial charge in [-0.3, -0.25) is 0 Å². The van der Waals surface area contributed by atoms with Crippen LogP contribution in [0.1, 0.15) is 5.56 Å². The molecule has 90 valence electrons. The van der Waals surface area contributed by atoms with Gasteiger partial charge in [-0.1, -0.05) is 0 Å². The van der Waals surface area contributed by atoms with Crippen LogP contribution in [0.3, 0.4) is 0 Å². The molecule has 1 unspecified atom stereocenters. The fraction of sp³-hybridized carbons (Fsp3) is 0.182. The van der Waals surface area contributed by atoms with Gasteiger partial charge in [0.25, 0.3) is 0 Å². The number of rotatable bonds is 2. The molecule has 0 aliphatic carbocycles. The molecular formula is C11H13N3O3. The molecule has 0 aromatic heterocycles. The zero-order valence-electron chi connectivity index (χ0n) is 9.27. The van der Waals surface area contributed by atoms with Crippen LogP contribution in [0, 0.1) is 0 Å². The van der Waals surface area contributed by atoms with E-state index in [2.05, 4.69) is 0 Å². The fourth-order valence-corrected chi connectivity index (χ4v) is 1.74. The summed E-state index contributed by atoms with van der Waals surface area (Å²) >= 11 is 0. The molecule has 0 radical (unpaired) electrons. The molecule has 1 aromatic rings. The van der Waals surface area contributed by atoms with Gasteiger partial charge in [0.15, 0.2) is 0 Å². The molecule has 1 aromatic carbocycles. The summed E-state index contributed by atoms with van der Waals surface area (Å²) in [5, 5.41) is 0. The largest absolute Gasteiger partial charge is 0.428 e. The number of carbonyl (C=O) groups is 1. The molecule has 1 atom stereocenters. The van der Waals surface area contributed by atoms with E-state index in [1.807, 2.05) is 0 Å². The average molecular weight is 235 g/mol. The summed E-state index contributed by atoms with van der Waals surface area (Å²) in [5.41, 5.74) is 19.5. The van der Waals surface area contributed by atoms with Gasteiger partial charge in [0.1, 0.15) is 0 Å². The van der Waals surface area contributed by atoms with Crippen molar-refractivity contribution in [2.45, 2.75) is 6.29 Å². The summed E-state index contributed by atoms with van der Waals surface area (Å²) in [6.07, 6.45) is 0.504. The summed E-state index contributed by atoms with van der Waals surface area (Å²) < 4.78 is 9.96. The van der Waals surface area contributed by atoms with Gasteiger partial charge in [-0.2, -0.15) is 0 Å². The van der Waals surface area contributed by atoms with Crippen LogP contribution >= 0.6 is 0 Å². The standard InChI is InChI=1S/C11H13N3O3/c1-16-11-5(4-8(15)17-11)9-6(12)2-3-7(13)10(9)14/h2-4,11H,12-14H2,1H3. The highest BCUT2D eigenvalue weighted by molar-refractivity contribution is 6.01. The van der Waals surface area contributed by atoms with Crippen LogP contribution in [0.25, 0.3) is 5.57 Å². The zero-order chi connectivity index (χ0) is 12.6. The molecule has 6 N–H and O–H groups in total. The average Bonchev–Trinajstić information content (AvgIpc) is 2.66. The number of cyclic esters (lactones) is 1. The van der Waals surface area contributed by atoms with Crippen LogP contribution in [0.15, 0.2) is 18.2 Å². The Kier molecular flexibility index (Phi) is 2.64. The van der Waals surface area contributed by atoms with E-state index in [-0.39, 0.29) is 0 Å². The Balaban J connectivity index is 2.57. The minimum absolute atomic E-state index is 0.316. The van der Waals surface area contributed by atoms with Crippen molar-refractivity contribution < 1.29 is 14.3 Å². The number of methoxy groups -OCH3 is 1. The first-order chi connectivity index (χ1) is 8.04. The maximum Gasteiger partial charge on any atom is 0.333 e. The van der Waals surface area contributed by atoms with Crippen molar-refractivity contribution in [3.8, 4) is 0 Å². The van der Waals surface area contributed by atoms with Crippen LogP contribution < -0.4 is 17.2 Å². The molecule has 6 nitrogen and oxygen atoms in total. The minimum Gasteiger partial charge on any atom is -0.428 e. The third-order valence-corrected chi connectivity index (χ3v) is 2.56. The van der Waals surface area contributed by atoms with Crippen molar-refractivity contribution in [3.05, 3.63) is 23.8 Å². The van der Waals surface area contributed by atoms with Crippen LogP contribution in [0.2, 0.25) is 0 Å². The quantitative estimate of drug-likeness (QED) is 0.503. The number of benzene rings is 1. The number of hydrogen-bond donors (Lipinski definition) is 3. The maximum atomic E-state index is 11.2. The summed E-state index contributed by atoms with van der Waals surface area (Å²) in [7, 11) is 1.43. The van der Waals surface area contributed by atoms with Crippen LogP contribution in [0.4, 0.5) is 17.1 Å². The predicted molar refractivity (Wildman–Crippen MR) is 64.5 cm³/mol. The first-order valence-electron chi connectivity index (χ1n) is 4.93. The Morgan fingerprint density at radius 1 is 1.24 bits per heavy atom. The number of hydrogen-bond acceptors (Lipinski definition) is 6. The molecule has 1 aliphatic heterocycles. The van der Waals surface area contributed by atoms with Gasteiger partial charge in [-0.25, -0.2) is 4.79 Å². The highest BCUT2D eigenvalue weighted by Crippen LogP contribution is 2.37. The van der Waals surface area contributed by atoms with E-state index in [1.54, 1.807) is 12.1 Å². The molecular weight excluding hydrogens is 222 g/mol. The molecule has 2 rings (SSSR count). The highest BCUT2D eigenvalue weighted by Gasteiger charge is 2.30. The minimum atomic E-state index is -0.797. The summed E-state index contributed by atoms with van der Waals surface area (Å²) in [6, 6.07) is 3.23. The Hall–Kier alpha value is -2.21. The van der Waals surface area contributed by atoms with Crippen molar-refractivity contribution in [1.82, 2.24) is 0 Å². The summed E-state index contributed by atoms with van der Waals surface area (Å²) in [6.45, 7) is 0. The van der Waals surface area contributed by atoms with Gasteiger partial charge >= 0.3 is 5.97 Å². The molecule has 0 bridgehead atoms. The molecule has 0 fully saturated rings. The van der Waals surface area contributed by atoms with Crippen molar-refractivity contribution >= 4 is 28.6 Å². The SMILES string of the molecule is COC1OC(=O)C=C1c1c(N)ccc(N)c1N. The first kappa shape index (κ1) is 11.3. The second-order valence-corrected chi connectivity index (χ2v) is 3.64. The van der Waals surface area contributed by atoms with E-state index in [4.69, 9.17) is 26.7 Å². The Labute approximate surface area is 98.0 Å². The molecule has 0 amide bonds. The van der Waals surface area contributed by atoms with Gasteiger partial charge < -0.3 is 26.7 Å². The molecule has 0 saturated carbocycles. The number of esters is 1. The molecule has 0 spiro atoms. The van der Waals surface area contributed by atoms with E-state index < -0.39 is 12.3 Å². The summed E-state index contributed by atoms with van der Waals surface area (Å²) in [4.78, 5) is 11.2. The van der Waals surface area contributed by atoms with E-state index in [1.165, 1.54) is 13.2 Å². The smallest absolute Gasteiger partial charge is 0.333 e. The highest BCUT2D eigenvalue weighted by atomic mass is 16.7. The molecule has 1 heterocycles. The van der Waals surface area contributed by atoms with Gasteiger partial charge in [0, 0.05) is 30.0 Å². The second-order valence-electron chi connectivity index (χ2n) is 3.64. The third kappa shape index (κ3) is 1.78. The maximum absolute atomic E-state index is 11.2. The van der Waals surface area contributed by atoms with Crippen LogP contribution in [-0.4, -0.2) is 19.4 Å². The molecule has 0 saturated heterocycles. The summed E-state index contributed by atoms with van der Waals surface area (Å²) in [5.74, 6) is -0.493. The van der Waals surface area contributed by atoms with Crippen molar-refractivity contribution in [2.75, 3.05) is 24.3 Å². The zero-order valence-corrected chi connectivity index (χ0v) is 9.27. The van der Waals surface area contributed by atoms with Crippen LogP contribution in [-0.2, 0) is 14.3 Å². The van der Waals surface area contributed by atoms with Crippen molar-refractivity contribution in [1.29, 1.82) is 0 Å². The second kappa shape index (κ2) is 3.99. The molecule has 17 heavy (non-hydrogen) atoms. The fourth-order valence-electron chi connectivity index (χ4n) is 1.74. The first-order valence-corrected chi connectivity index (χ1v) is 4.93. The molecule has 6 heteroatoms. The van der Waals surface area contributed by atoms with Gasteiger partial charge in [0.05, 0.1) is 11.4 Å². The number of nitrogen functional groups attached to an aromatic ring is 3. The number of carbonyl (C=O) groups excluding carboxylic acids is 1. The topological polar surface area (TPSA) is 114 Å². The van der Waals surface area contributed by atoms with Gasteiger partial charge in [-0.15, -0.1) is 0 Å². The van der Waals surface area contributed by atoms with E-state index in [0.29, 0.717) is 28.2 Å². The monoisotopic (exact) mass is 235 g/mol. The Bertz CT molecular complexity index is 511. The Morgan fingerprint density at radius 2 is 1.88 bits per heavy atom. The number of ether oxygens (including phenoxy) is 2. The molecule has 1 aliphatic rings. The van der Waals surface area contributed by atoms with Gasteiger partial charge in [0.2, 0.25) is 6.29 Å². The number of anilines is 3. The Morgan fingerprint density at radius 3 is 2.53 bits per heavy atom. The van der Waals surface area contributed by atoms with Crippen molar-refractivity contribution in [2.24, 2.45) is 0 Å². The van der Waals surface area contributed by atoms with Gasteiger partial charge in [-0.05, 0) is 12.1 Å². The third-order valence-electron chi connectivity index (χ3n) is 2.56. The predicted octanol–water partition coefficient (Wildman–Crippen LogP) is 0.346. The van der Waals surface area contributed by atoms with E-state index in [0.717, 1.165) is 0 Å². The van der Waals surface area contributed by atoms with E-state index in [9.17, 15) is 4.79 Å². The lowest BCUT2D eigenvalue weighted by atomic mass is 10.0. The van der Waals surface area contributed by atoms with Crippen LogP contribution in [0.5, 0.6) is 0 Å². The lowest BCUT2D eigenvalue weighted by molar-refractivity contribution is -0.153.